The van der Waals surface area contributed by atoms with E-state index < -0.39 is 0 Å². The van der Waals surface area contributed by atoms with Crippen LogP contribution in [0.25, 0.3) is 66.1 Å². The molecule has 0 unspecified atom stereocenters. The van der Waals surface area contributed by atoms with Crippen LogP contribution < -0.4 is 0 Å². The van der Waals surface area contributed by atoms with Crippen LogP contribution in [-0.4, -0.2) is 0 Å². The minimum atomic E-state index is 0.706. The number of fused-ring (bicyclic) bond motifs is 3. The van der Waals surface area contributed by atoms with Gasteiger partial charge in [0.15, 0.2) is 0 Å². The fourth-order valence-corrected chi connectivity index (χ4v) is 11.1. The monoisotopic (exact) mass is 1380 g/mol. The van der Waals surface area contributed by atoms with Crippen LogP contribution in [0.15, 0.2) is 218 Å². The van der Waals surface area contributed by atoms with E-state index in [1.165, 1.54) is 175 Å². The number of aryl methyl sites for hydroxylation is 5. The van der Waals surface area contributed by atoms with Crippen molar-refractivity contribution in [3.63, 3.8) is 0 Å². The van der Waals surface area contributed by atoms with Gasteiger partial charge in [-0.2, -0.15) is 0 Å². The molecule has 0 radical (unpaired) electrons. The third kappa shape index (κ3) is 38.3. The fourth-order valence-electron chi connectivity index (χ4n) is 11.1. The third-order valence-electron chi connectivity index (χ3n) is 17.1. The third-order valence-corrected chi connectivity index (χ3v) is 17.1. The van der Waals surface area contributed by atoms with Gasteiger partial charge in [0, 0.05) is 0 Å². The van der Waals surface area contributed by atoms with E-state index in [9.17, 15) is 0 Å². The Morgan fingerprint density at radius 3 is 0.784 bits per heavy atom. The highest BCUT2D eigenvalue weighted by Gasteiger charge is 2.10. The highest BCUT2D eigenvalue weighted by molar-refractivity contribution is 6.07. The van der Waals surface area contributed by atoms with Crippen LogP contribution in [0.5, 0.6) is 0 Å². The summed E-state index contributed by atoms with van der Waals surface area (Å²) in [7, 11) is 0. The first kappa shape index (κ1) is 101. The number of rotatable bonds is 18. The predicted octanol–water partition coefficient (Wildman–Crippen LogP) is 34.7. The van der Waals surface area contributed by atoms with Gasteiger partial charge < -0.3 is 0 Å². The Hall–Kier alpha value is -7.28. The van der Waals surface area contributed by atoms with Crippen molar-refractivity contribution in [2.24, 2.45) is 17.8 Å². The van der Waals surface area contributed by atoms with Crippen molar-refractivity contribution in [1.82, 2.24) is 0 Å². The summed E-state index contributed by atoms with van der Waals surface area (Å²) in [5.41, 5.74) is 21.4. The molecular formula is C102H156. The molecule has 0 heteroatoms. The van der Waals surface area contributed by atoms with Crippen LogP contribution in [0.3, 0.4) is 0 Å². The molecule has 0 spiro atoms. The van der Waals surface area contributed by atoms with E-state index >= 15 is 0 Å². The summed E-state index contributed by atoms with van der Waals surface area (Å²) in [6, 6.07) is 80.5. The Kier molecular flexibility index (Phi) is 65.1. The maximum atomic E-state index is 2.38. The lowest BCUT2D eigenvalue weighted by molar-refractivity contribution is 0.490. The zero-order valence-electron chi connectivity index (χ0n) is 72.2. The molecular weight excluding hydrogens is 1230 g/mol. The molecule has 0 saturated carbocycles. The summed E-state index contributed by atoms with van der Waals surface area (Å²) in [5, 5.41) is 5.46. The lowest BCUT2D eigenvalue weighted by Gasteiger charge is -2.13. The summed E-state index contributed by atoms with van der Waals surface area (Å²) < 4.78 is 0. The highest BCUT2D eigenvalue weighted by atomic mass is 14.2. The molecule has 0 atom stereocenters. The van der Waals surface area contributed by atoms with Gasteiger partial charge in [-0.25, -0.2) is 0 Å². The Balaban J connectivity index is -0.000000582. The quantitative estimate of drug-likeness (QED) is 0.0751. The maximum Gasteiger partial charge on any atom is -0.0105 e. The van der Waals surface area contributed by atoms with E-state index in [4.69, 9.17) is 0 Å². The van der Waals surface area contributed by atoms with Crippen molar-refractivity contribution in [2.45, 2.75) is 292 Å². The van der Waals surface area contributed by atoms with E-state index in [0.717, 1.165) is 17.8 Å². The molecule has 0 N–H and O–H groups in total. The molecule has 0 aliphatic rings. The van der Waals surface area contributed by atoms with Gasteiger partial charge in [0.25, 0.3) is 0 Å². The van der Waals surface area contributed by atoms with Crippen molar-refractivity contribution in [3.8, 4) is 44.5 Å². The Morgan fingerprint density at radius 2 is 0.480 bits per heavy atom. The van der Waals surface area contributed by atoms with Gasteiger partial charge in [-0.05, 0) is 178 Å². The second-order valence-electron chi connectivity index (χ2n) is 23.8. The second kappa shape index (κ2) is 65.7. The molecule has 10 aromatic carbocycles. The zero-order chi connectivity index (χ0) is 78.4. The molecule has 0 aliphatic heterocycles. The minimum Gasteiger partial charge on any atom is -0.0683 e. The first-order valence-electron chi connectivity index (χ1n) is 41.3. The van der Waals surface area contributed by atoms with Crippen LogP contribution in [0.4, 0.5) is 0 Å². The van der Waals surface area contributed by atoms with Crippen molar-refractivity contribution >= 4 is 21.5 Å². The average molecular weight is 1380 g/mol. The number of hydrogen-bond acceptors (Lipinski definition) is 0. The van der Waals surface area contributed by atoms with E-state index in [1.54, 1.807) is 0 Å². The van der Waals surface area contributed by atoms with Crippen LogP contribution >= 0.6 is 0 Å². The Bertz CT molecular complexity index is 3420. The fraction of sp³-hybridized carbons (Fsp3) is 0.451. The maximum absolute atomic E-state index is 2.38. The molecule has 102 heavy (non-hydrogen) atoms. The molecule has 0 aromatic heterocycles. The van der Waals surface area contributed by atoms with Crippen LogP contribution in [0.1, 0.15) is 289 Å². The lowest BCUT2D eigenvalue weighted by atomic mass is 9.92. The topological polar surface area (TPSA) is 0 Å². The molecule has 0 amide bonds. The number of hydrogen-bond donors (Lipinski definition) is 0. The summed E-state index contributed by atoms with van der Waals surface area (Å²) >= 11 is 0. The molecule has 10 rings (SSSR count). The van der Waals surface area contributed by atoms with Gasteiger partial charge in [0.05, 0.1) is 0 Å². The van der Waals surface area contributed by atoms with E-state index in [1.807, 2.05) is 138 Å². The summed E-state index contributed by atoms with van der Waals surface area (Å²) in [4.78, 5) is 0. The molecule has 0 heterocycles. The van der Waals surface area contributed by atoms with Crippen LogP contribution in [0.2, 0.25) is 0 Å². The Labute approximate surface area is 634 Å². The normalized spacial score (nSPS) is 9.53. The summed E-state index contributed by atoms with van der Waals surface area (Å²) in [6.45, 7) is 66.8. The van der Waals surface area contributed by atoms with Crippen LogP contribution in [0, 0.1) is 45.4 Å². The lowest BCUT2D eigenvalue weighted by Crippen LogP contribution is -2.01. The van der Waals surface area contributed by atoms with E-state index in [0.29, 0.717) is 5.92 Å². The molecule has 0 saturated heterocycles. The van der Waals surface area contributed by atoms with Gasteiger partial charge in [0.1, 0.15) is 0 Å². The first-order chi connectivity index (χ1) is 49.8. The molecule has 564 valence electrons. The van der Waals surface area contributed by atoms with E-state index in [2.05, 4.69) is 301 Å². The van der Waals surface area contributed by atoms with Gasteiger partial charge >= 0.3 is 0 Å². The predicted molar refractivity (Wildman–Crippen MR) is 477 cm³/mol. The van der Waals surface area contributed by atoms with Gasteiger partial charge in [-0.15, -0.1) is 0 Å². The SMILES string of the molecule is CC.CC.CC.CC.CC.CC.CC.CC.CC.CC.CCC(CC)Cc1ccc(-c2ccc(-c3ccc(C)cc3)cc2)cc1.CCC(CC)Cc1ccc2c(ccc3cc(C)ccc32)c1.CCC(CC)c1ccc(-c2ccc(C)cc2)cc1.Cc1ccc(-c2ccc(CCC(C)C)cc2)cc1. The molecule has 0 bridgehead atoms. The molecule has 0 nitrogen and oxygen atoms in total. The summed E-state index contributed by atoms with van der Waals surface area (Å²) in [6.07, 6.45) is 12.4. The second-order valence-corrected chi connectivity index (χ2v) is 23.8. The Morgan fingerprint density at radius 1 is 0.235 bits per heavy atom. The van der Waals surface area contributed by atoms with Crippen molar-refractivity contribution in [2.75, 3.05) is 0 Å². The van der Waals surface area contributed by atoms with Gasteiger partial charge in [0.2, 0.25) is 0 Å². The minimum absolute atomic E-state index is 0.706. The standard InChI is InChI=1S/C25H28.C21H24.2C18H22.10C2H6/c1-4-20(5-2)18-21-8-12-23(13-9-21)25-16-14-24(15-17-25)22-10-6-19(3)7-11-22;1-4-16(5-2)13-17-7-11-21-19(14-17)9-8-18-12-15(3)6-10-20(18)21;1-14(2)4-7-16-8-12-18(13-9-16)17-10-5-15(3)6-11-17;1-4-15(5-2)16-10-12-18(13-11-16)17-8-6-14(3)7-9-17;10*1-2/h6-17,20H,4-5,18H2,1-3H3;6-12,14,16H,4-5,13H2,1-3H3;5-6,8-14H,4,7H2,1-3H3;6-13,15H,4-5H2,1-3H3;10*1-2H3. The zero-order valence-corrected chi connectivity index (χ0v) is 72.2. The van der Waals surface area contributed by atoms with Crippen molar-refractivity contribution in [1.29, 1.82) is 0 Å². The molecule has 0 aliphatic carbocycles. The number of benzene rings is 10. The van der Waals surface area contributed by atoms with Crippen molar-refractivity contribution < 1.29 is 0 Å². The smallest absolute Gasteiger partial charge is 0.0105 e. The average Bonchev–Trinajstić information content (AvgIpc) is 0.787. The summed E-state index contributed by atoms with van der Waals surface area (Å²) in [5.74, 6) is 3.10. The first-order valence-corrected chi connectivity index (χ1v) is 41.3. The van der Waals surface area contributed by atoms with Crippen molar-refractivity contribution in [3.05, 3.63) is 263 Å². The largest absolute Gasteiger partial charge is 0.0683 e. The molecule has 10 aromatic rings. The van der Waals surface area contributed by atoms with Crippen LogP contribution in [-0.2, 0) is 19.3 Å². The van der Waals surface area contributed by atoms with Gasteiger partial charge in [-0.3, -0.25) is 0 Å². The van der Waals surface area contributed by atoms with Gasteiger partial charge in [-0.1, -0.05) is 460 Å². The molecule has 0 fully saturated rings. The van der Waals surface area contributed by atoms with E-state index in [-0.39, 0.29) is 0 Å². The highest BCUT2D eigenvalue weighted by Crippen LogP contribution is 2.31.